The minimum atomic E-state index is 0.537. The zero-order valence-electron chi connectivity index (χ0n) is 12.6. The summed E-state index contributed by atoms with van der Waals surface area (Å²) in [4.78, 5) is 2.36. The van der Waals surface area contributed by atoms with Crippen LogP contribution in [0.1, 0.15) is 18.1 Å². The van der Waals surface area contributed by atoms with E-state index in [9.17, 15) is 0 Å². The first-order valence-electron chi connectivity index (χ1n) is 7.21. The molecule has 0 aliphatic carbocycles. The molecule has 1 heterocycles. The molecule has 0 saturated carbocycles. The maximum Gasteiger partial charge on any atom is 0.186 e. The first-order chi connectivity index (χ1) is 10.2. The Balaban J connectivity index is 1.98. The average molecular weight is 306 g/mol. The van der Waals surface area contributed by atoms with Crippen molar-refractivity contribution in [1.29, 1.82) is 0 Å². The number of morpholine rings is 1. The molecular weight excluding hydrogens is 284 g/mol. The third kappa shape index (κ3) is 4.68. The van der Waals surface area contributed by atoms with Crippen LogP contribution in [0.3, 0.4) is 0 Å². The normalized spacial score (nSPS) is 15.2. The molecule has 1 aromatic carbocycles. The van der Waals surface area contributed by atoms with Crippen molar-refractivity contribution < 1.29 is 4.74 Å². The topological polar surface area (TPSA) is 48.9 Å². The van der Waals surface area contributed by atoms with Crippen LogP contribution in [-0.2, 0) is 4.74 Å². The fourth-order valence-electron chi connectivity index (χ4n) is 2.28. The van der Waals surface area contributed by atoms with E-state index in [-0.39, 0.29) is 0 Å². The van der Waals surface area contributed by atoms with E-state index >= 15 is 0 Å². The van der Waals surface area contributed by atoms with Gasteiger partial charge in [-0.05, 0) is 49.3 Å². The van der Waals surface area contributed by atoms with Crippen molar-refractivity contribution in [1.82, 2.24) is 10.7 Å². The van der Waals surface area contributed by atoms with E-state index in [1.807, 2.05) is 6.92 Å². The highest BCUT2D eigenvalue weighted by Crippen LogP contribution is 2.21. The summed E-state index contributed by atoms with van der Waals surface area (Å²) >= 11 is 5.05. The SMILES string of the molecule is CCNC(=S)NN=Cc1ccc(N2CCOCC2)c(C)c1. The highest BCUT2D eigenvalue weighted by molar-refractivity contribution is 7.80. The molecule has 114 valence electrons. The van der Waals surface area contributed by atoms with E-state index in [0.717, 1.165) is 38.4 Å². The second kappa shape index (κ2) is 7.95. The third-order valence-corrected chi connectivity index (χ3v) is 3.53. The minimum Gasteiger partial charge on any atom is -0.378 e. The molecule has 1 aliphatic heterocycles. The van der Waals surface area contributed by atoms with Crippen LogP contribution in [0, 0.1) is 6.92 Å². The van der Waals surface area contributed by atoms with E-state index in [0.29, 0.717) is 5.11 Å². The number of nitrogens with one attached hydrogen (secondary N) is 2. The number of hydrazone groups is 1. The van der Waals surface area contributed by atoms with Gasteiger partial charge in [0, 0.05) is 25.3 Å². The molecule has 21 heavy (non-hydrogen) atoms. The molecule has 0 atom stereocenters. The summed E-state index contributed by atoms with van der Waals surface area (Å²) in [5, 5.41) is 7.65. The summed E-state index contributed by atoms with van der Waals surface area (Å²) < 4.78 is 5.39. The highest BCUT2D eigenvalue weighted by Gasteiger charge is 2.12. The van der Waals surface area contributed by atoms with Crippen LogP contribution in [0.15, 0.2) is 23.3 Å². The van der Waals surface area contributed by atoms with Gasteiger partial charge in [-0.15, -0.1) is 0 Å². The number of benzene rings is 1. The fraction of sp³-hybridized carbons (Fsp3) is 0.467. The van der Waals surface area contributed by atoms with Gasteiger partial charge >= 0.3 is 0 Å². The van der Waals surface area contributed by atoms with Gasteiger partial charge in [0.1, 0.15) is 0 Å². The summed E-state index contributed by atoms with van der Waals surface area (Å²) in [5.74, 6) is 0. The third-order valence-electron chi connectivity index (χ3n) is 3.29. The first-order valence-corrected chi connectivity index (χ1v) is 7.61. The largest absolute Gasteiger partial charge is 0.378 e. The first kappa shape index (κ1) is 15.7. The maximum absolute atomic E-state index is 5.39. The van der Waals surface area contributed by atoms with Gasteiger partial charge in [-0.2, -0.15) is 5.10 Å². The second-order valence-electron chi connectivity index (χ2n) is 4.87. The van der Waals surface area contributed by atoms with E-state index < -0.39 is 0 Å². The van der Waals surface area contributed by atoms with Gasteiger partial charge in [0.05, 0.1) is 19.4 Å². The van der Waals surface area contributed by atoms with Crippen molar-refractivity contribution in [3.8, 4) is 0 Å². The molecule has 0 bridgehead atoms. The Morgan fingerprint density at radius 2 is 2.19 bits per heavy atom. The smallest absolute Gasteiger partial charge is 0.186 e. The molecule has 0 amide bonds. The maximum atomic E-state index is 5.39. The Labute approximate surface area is 131 Å². The van der Waals surface area contributed by atoms with Gasteiger partial charge in [-0.25, -0.2) is 0 Å². The average Bonchev–Trinajstić information content (AvgIpc) is 2.48. The van der Waals surface area contributed by atoms with Crippen molar-refractivity contribution in [2.24, 2.45) is 5.10 Å². The van der Waals surface area contributed by atoms with E-state index in [4.69, 9.17) is 17.0 Å². The Bertz CT molecular complexity index is 512. The Hall–Kier alpha value is -1.66. The molecule has 1 saturated heterocycles. The van der Waals surface area contributed by atoms with E-state index in [1.165, 1.54) is 11.3 Å². The Kier molecular flexibility index (Phi) is 5.95. The lowest BCUT2D eigenvalue weighted by molar-refractivity contribution is 0.122. The summed E-state index contributed by atoms with van der Waals surface area (Å²) in [6, 6.07) is 6.34. The molecule has 1 aromatic rings. The molecule has 0 aromatic heterocycles. The molecule has 5 nitrogen and oxygen atoms in total. The lowest BCUT2D eigenvalue weighted by Crippen LogP contribution is -2.36. The minimum absolute atomic E-state index is 0.537. The lowest BCUT2D eigenvalue weighted by Gasteiger charge is -2.30. The van der Waals surface area contributed by atoms with Crippen LogP contribution in [-0.4, -0.2) is 44.2 Å². The molecular formula is C15H22N4OS. The molecule has 2 rings (SSSR count). The number of anilines is 1. The van der Waals surface area contributed by atoms with Crippen molar-refractivity contribution in [3.05, 3.63) is 29.3 Å². The molecule has 0 spiro atoms. The van der Waals surface area contributed by atoms with Crippen molar-refractivity contribution in [3.63, 3.8) is 0 Å². The second-order valence-corrected chi connectivity index (χ2v) is 5.28. The fourth-order valence-corrected chi connectivity index (χ4v) is 2.48. The Morgan fingerprint density at radius 3 is 2.86 bits per heavy atom. The van der Waals surface area contributed by atoms with Gasteiger partial charge in [0.15, 0.2) is 5.11 Å². The predicted molar refractivity (Wildman–Crippen MR) is 91.2 cm³/mol. The van der Waals surface area contributed by atoms with Gasteiger partial charge in [0.25, 0.3) is 0 Å². The van der Waals surface area contributed by atoms with E-state index in [1.54, 1.807) is 6.21 Å². The van der Waals surface area contributed by atoms with E-state index in [2.05, 4.69) is 45.9 Å². The van der Waals surface area contributed by atoms with Crippen molar-refractivity contribution in [2.45, 2.75) is 13.8 Å². The zero-order valence-corrected chi connectivity index (χ0v) is 13.4. The standard InChI is InChI=1S/C15H22N4OS/c1-3-16-15(21)18-17-11-13-4-5-14(12(2)10-13)19-6-8-20-9-7-19/h4-5,10-11H,3,6-9H2,1-2H3,(H2,16,18,21). The van der Waals surface area contributed by atoms with Gasteiger partial charge in [-0.1, -0.05) is 6.07 Å². The van der Waals surface area contributed by atoms with Crippen LogP contribution in [0.25, 0.3) is 0 Å². The number of hydrogen-bond acceptors (Lipinski definition) is 4. The van der Waals surface area contributed by atoms with Crippen molar-refractivity contribution in [2.75, 3.05) is 37.7 Å². The number of ether oxygens (including phenoxy) is 1. The number of hydrogen-bond donors (Lipinski definition) is 2. The molecule has 0 unspecified atom stereocenters. The van der Waals surface area contributed by atoms with Crippen LogP contribution >= 0.6 is 12.2 Å². The van der Waals surface area contributed by atoms with Crippen LogP contribution in [0.2, 0.25) is 0 Å². The number of nitrogens with zero attached hydrogens (tertiary/aromatic N) is 2. The van der Waals surface area contributed by atoms with Gasteiger partial charge in [0.2, 0.25) is 0 Å². The molecule has 6 heteroatoms. The summed E-state index contributed by atoms with van der Waals surface area (Å²) in [5.41, 5.74) is 6.36. The summed E-state index contributed by atoms with van der Waals surface area (Å²) in [6.45, 7) is 8.40. The summed E-state index contributed by atoms with van der Waals surface area (Å²) in [7, 11) is 0. The zero-order chi connectivity index (χ0) is 15.1. The van der Waals surface area contributed by atoms with Crippen molar-refractivity contribution >= 4 is 29.2 Å². The van der Waals surface area contributed by atoms with Crippen LogP contribution in [0.4, 0.5) is 5.69 Å². The highest BCUT2D eigenvalue weighted by atomic mass is 32.1. The lowest BCUT2D eigenvalue weighted by atomic mass is 10.1. The predicted octanol–water partition coefficient (Wildman–Crippen LogP) is 1.65. The van der Waals surface area contributed by atoms with Crippen LogP contribution < -0.4 is 15.6 Å². The van der Waals surface area contributed by atoms with Crippen LogP contribution in [0.5, 0.6) is 0 Å². The quantitative estimate of drug-likeness (QED) is 0.503. The Morgan fingerprint density at radius 1 is 1.43 bits per heavy atom. The summed E-state index contributed by atoms with van der Waals surface area (Å²) in [6.07, 6.45) is 1.78. The number of rotatable bonds is 4. The van der Waals surface area contributed by atoms with Gasteiger partial charge < -0.3 is 15.0 Å². The molecule has 0 radical (unpaired) electrons. The molecule has 1 aliphatic rings. The van der Waals surface area contributed by atoms with Gasteiger partial charge in [-0.3, -0.25) is 5.43 Å². The monoisotopic (exact) mass is 306 g/mol. The molecule has 2 N–H and O–H groups in total. The number of aryl methyl sites for hydroxylation is 1. The number of thiocarbonyl (C=S) groups is 1. The molecule has 1 fully saturated rings.